The highest BCUT2D eigenvalue weighted by molar-refractivity contribution is 5.69. The Morgan fingerprint density at radius 3 is 2.95 bits per heavy atom. The van der Waals surface area contributed by atoms with Gasteiger partial charge in [-0.2, -0.15) is 0 Å². The summed E-state index contributed by atoms with van der Waals surface area (Å²) in [5, 5.41) is 11.1. The molecule has 9 heteroatoms. The van der Waals surface area contributed by atoms with E-state index in [1.807, 2.05) is 0 Å². The summed E-state index contributed by atoms with van der Waals surface area (Å²) in [7, 11) is 1.72. The largest absolute Gasteiger partial charge is 0.379 e. The Labute approximate surface area is 116 Å². The zero-order chi connectivity index (χ0) is 14.5. The maximum absolute atomic E-state index is 11.1. The molecule has 0 aliphatic heterocycles. The van der Waals surface area contributed by atoms with E-state index in [4.69, 9.17) is 10.6 Å². The van der Waals surface area contributed by atoms with Gasteiger partial charge in [-0.1, -0.05) is 0 Å². The molecule has 110 valence electrons. The van der Waals surface area contributed by atoms with Gasteiger partial charge in [0.1, 0.15) is 6.33 Å². The molecule has 9 nitrogen and oxygen atoms in total. The third-order valence-corrected chi connectivity index (χ3v) is 3.11. The van der Waals surface area contributed by atoms with Crippen molar-refractivity contribution in [1.82, 2.24) is 9.97 Å². The first kappa shape index (κ1) is 14.4. The van der Waals surface area contributed by atoms with Gasteiger partial charge in [-0.05, 0) is 18.8 Å². The second kappa shape index (κ2) is 6.44. The fourth-order valence-electron chi connectivity index (χ4n) is 1.76. The number of hydrogen-bond donors (Lipinski definition) is 2. The summed E-state index contributed by atoms with van der Waals surface area (Å²) in [5.41, 5.74) is 1.98. The van der Waals surface area contributed by atoms with E-state index < -0.39 is 4.92 Å². The Morgan fingerprint density at radius 1 is 1.60 bits per heavy atom. The molecule has 3 N–H and O–H groups in total. The zero-order valence-electron chi connectivity index (χ0n) is 11.3. The predicted octanol–water partition coefficient (Wildman–Crippen LogP) is 0.533. The molecule has 1 aromatic heterocycles. The highest BCUT2D eigenvalue weighted by Gasteiger charge is 2.25. The number of anilines is 2. The van der Waals surface area contributed by atoms with Crippen molar-refractivity contribution in [1.29, 1.82) is 0 Å². The van der Waals surface area contributed by atoms with Gasteiger partial charge in [-0.15, -0.1) is 0 Å². The molecule has 0 radical (unpaired) electrons. The number of ether oxygens (including phenoxy) is 1. The second-order valence-corrected chi connectivity index (χ2v) is 4.74. The Morgan fingerprint density at radius 2 is 2.35 bits per heavy atom. The van der Waals surface area contributed by atoms with Crippen molar-refractivity contribution in [3.63, 3.8) is 0 Å². The number of nitrogens with two attached hydrogens (primary N) is 1. The first-order valence-electron chi connectivity index (χ1n) is 6.38. The number of nitro groups is 1. The van der Waals surface area contributed by atoms with E-state index in [9.17, 15) is 10.1 Å². The first-order valence-corrected chi connectivity index (χ1v) is 6.38. The van der Waals surface area contributed by atoms with Crippen LogP contribution in [0.3, 0.4) is 0 Å². The minimum absolute atomic E-state index is 0.00857. The van der Waals surface area contributed by atoms with Crippen molar-refractivity contribution in [2.24, 2.45) is 11.8 Å². The normalized spacial score (nSPS) is 14.1. The molecule has 0 atom stereocenters. The topological polar surface area (TPSA) is 119 Å². The lowest BCUT2D eigenvalue weighted by atomic mass is 10.4. The van der Waals surface area contributed by atoms with Gasteiger partial charge in [0, 0.05) is 20.2 Å². The van der Waals surface area contributed by atoms with E-state index >= 15 is 0 Å². The molecule has 0 bridgehead atoms. The molecule has 1 aromatic rings. The van der Waals surface area contributed by atoms with Crippen LogP contribution in [0.15, 0.2) is 6.33 Å². The van der Waals surface area contributed by atoms with Crippen LogP contribution in [0.2, 0.25) is 0 Å². The van der Waals surface area contributed by atoms with E-state index in [2.05, 4.69) is 15.4 Å². The van der Waals surface area contributed by atoms with Gasteiger partial charge < -0.3 is 15.1 Å². The molecule has 20 heavy (non-hydrogen) atoms. The number of aromatic nitrogens is 2. The maximum atomic E-state index is 11.1. The van der Waals surface area contributed by atoms with Crippen molar-refractivity contribution < 1.29 is 9.66 Å². The molecule has 0 amide bonds. The van der Waals surface area contributed by atoms with Crippen LogP contribution in [0.25, 0.3) is 0 Å². The fraction of sp³-hybridized carbons (Fsp3) is 0.636. The quantitative estimate of drug-likeness (QED) is 0.307. The number of nitrogens with zero attached hydrogens (tertiary/aromatic N) is 4. The van der Waals surface area contributed by atoms with Gasteiger partial charge in [0.15, 0.2) is 0 Å². The number of nitrogen functional groups attached to an aromatic ring is 1. The molecule has 1 aliphatic rings. The summed E-state index contributed by atoms with van der Waals surface area (Å²) in [5.74, 6) is 6.13. The van der Waals surface area contributed by atoms with Crippen LogP contribution in [-0.4, -0.2) is 41.7 Å². The van der Waals surface area contributed by atoms with Gasteiger partial charge in [0.2, 0.25) is 11.6 Å². The zero-order valence-corrected chi connectivity index (χ0v) is 11.3. The standard InChI is InChI=1S/C11H18N6O3/c1-16(4-5-20-6-8-2-3-8)11-9(17(18)19)10(15-12)13-7-14-11/h7-8H,2-6,12H2,1H3,(H,13,14,15). The third kappa shape index (κ3) is 3.52. The predicted molar refractivity (Wildman–Crippen MR) is 73.3 cm³/mol. The molecular weight excluding hydrogens is 264 g/mol. The molecule has 1 aliphatic carbocycles. The van der Waals surface area contributed by atoms with Crippen molar-refractivity contribution >= 4 is 17.3 Å². The summed E-state index contributed by atoms with van der Waals surface area (Å²) >= 11 is 0. The minimum atomic E-state index is -0.550. The van der Waals surface area contributed by atoms with Crippen molar-refractivity contribution in [2.75, 3.05) is 37.1 Å². The van der Waals surface area contributed by atoms with Gasteiger partial charge in [0.25, 0.3) is 0 Å². The molecule has 0 spiro atoms. The fourth-order valence-corrected chi connectivity index (χ4v) is 1.76. The smallest absolute Gasteiger partial charge is 0.354 e. The highest BCUT2D eigenvalue weighted by Crippen LogP contribution is 2.30. The van der Waals surface area contributed by atoms with Gasteiger partial charge >= 0.3 is 5.69 Å². The number of nitrogens with one attached hydrogen (secondary N) is 1. The van der Waals surface area contributed by atoms with E-state index in [-0.39, 0.29) is 17.3 Å². The first-order chi connectivity index (χ1) is 9.63. The number of rotatable bonds is 8. The number of hydrazine groups is 1. The molecule has 0 unspecified atom stereocenters. The maximum Gasteiger partial charge on any atom is 0.354 e. The van der Waals surface area contributed by atoms with Gasteiger partial charge in [0.05, 0.1) is 11.5 Å². The molecule has 1 heterocycles. The van der Waals surface area contributed by atoms with Crippen LogP contribution in [0.1, 0.15) is 12.8 Å². The van der Waals surface area contributed by atoms with E-state index in [1.54, 1.807) is 11.9 Å². The van der Waals surface area contributed by atoms with Gasteiger partial charge in [-0.3, -0.25) is 10.1 Å². The van der Waals surface area contributed by atoms with E-state index in [0.717, 1.165) is 6.61 Å². The van der Waals surface area contributed by atoms with E-state index in [1.165, 1.54) is 19.2 Å². The van der Waals surface area contributed by atoms with Crippen molar-refractivity contribution in [3.8, 4) is 0 Å². The summed E-state index contributed by atoms with van der Waals surface area (Å²) < 4.78 is 5.51. The van der Waals surface area contributed by atoms with Crippen LogP contribution in [0.5, 0.6) is 0 Å². The van der Waals surface area contributed by atoms with Crippen molar-refractivity contribution in [3.05, 3.63) is 16.4 Å². The van der Waals surface area contributed by atoms with Gasteiger partial charge in [-0.25, -0.2) is 15.8 Å². The molecular formula is C11H18N6O3. The Balaban J connectivity index is 1.99. The molecule has 2 rings (SSSR count). The lowest BCUT2D eigenvalue weighted by Gasteiger charge is -2.18. The molecule has 0 aromatic carbocycles. The van der Waals surface area contributed by atoms with Crippen molar-refractivity contribution in [2.45, 2.75) is 12.8 Å². The van der Waals surface area contributed by atoms with Crippen LogP contribution >= 0.6 is 0 Å². The molecule has 0 saturated heterocycles. The monoisotopic (exact) mass is 282 g/mol. The second-order valence-electron chi connectivity index (χ2n) is 4.74. The number of likely N-dealkylation sites (N-methyl/N-ethyl adjacent to an activating group) is 1. The number of hydrogen-bond acceptors (Lipinski definition) is 8. The minimum Gasteiger partial charge on any atom is -0.379 e. The lowest BCUT2D eigenvalue weighted by Crippen LogP contribution is -2.25. The molecule has 1 fully saturated rings. The average molecular weight is 282 g/mol. The van der Waals surface area contributed by atoms with E-state index in [0.29, 0.717) is 19.1 Å². The summed E-state index contributed by atoms with van der Waals surface area (Å²) in [6.07, 6.45) is 3.70. The summed E-state index contributed by atoms with van der Waals surface area (Å²) in [4.78, 5) is 19.9. The van der Waals surface area contributed by atoms with Crippen LogP contribution in [0.4, 0.5) is 17.3 Å². The third-order valence-electron chi connectivity index (χ3n) is 3.11. The van der Waals surface area contributed by atoms with Crippen LogP contribution in [0, 0.1) is 16.0 Å². The Bertz CT molecular complexity index is 479. The molecule has 1 saturated carbocycles. The average Bonchev–Trinajstić information content (AvgIpc) is 3.26. The Kier molecular flexibility index (Phi) is 4.64. The summed E-state index contributed by atoms with van der Waals surface area (Å²) in [6.45, 7) is 1.77. The van der Waals surface area contributed by atoms with Crippen LogP contribution in [-0.2, 0) is 4.74 Å². The highest BCUT2D eigenvalue weighted by atomic mass is 16.6. The summed E-state index contributed by atoms with van der Waals surface area (Å²) in [6, 6.07) is 0. The Hall–Kier alpha value is -2.00. The SMILES string of the molecule is CN(CCOCC1CC1)c1ncnc(NN)c1[N+](=O)[O-]. The lowest BCUT2D eigenvalue weighted by molar-refractivity contribution is -0.383. The van der Waals surface area contributed by atoms with Crippen LogP contribution < -0.4 is 16.2 Å².